The van der Waals surface area contributed by atoms with Crippen molar-refractivity contribution in [3.05, 3.63) is 77.6 Å². The van der Waals surface area contributed by atoms with Gasteiger partial charge in [0.2, 0.25) is 0 Å². The number of para-hydroxylation sites is 1. The number of carbonyl (C=O) groups excluding carboxylic acids is 1. The molecule has 3 aromatic rings. The molecule has 2 aromatic carbocycles. The minimum atomic E-state index is -0.370. The Hall–Kier alpha value is -3.15. The predicted molar refractivity (Wildman–Crippen MR) is 92.4 cm³/mol. The number of rotatable bonds is 5. The molecule has 1 amide bonds. The van der Waals surface area contributed by atoms with E-state index in [0.29, 0.717) is 28.4 Å². The van der Waals surface area contributed by atoms with Gasteiger partial charge in [-0.15, -0.1) is 0 Å². The first-order valence-electron chi connectivity index (χ1n) is 7.80. The molecule has 0 aliphatic heterocycles. The Morgan fingerprint density at radius 1 is 1.28 bits per heavy atom. The summed E-state index contributed by atoms with van der Waals surface area (Å²) in [7, 11) is 1.51. The summed E-state index contributed by atoms with van der Waals surface area (Å²) in [4.78, 5) is 16.4. The van der Waals surface area contributed by atoms with Gasteiger partial charge in [0.1, 0.15) is 17.4 Å². The van der Waals surface area contributed by atoms with Crippen LogP contribution in [0.2, 0.25) is 0 Å². The number of imidazole rings is 1. The van der Waals surface area contributed by atoms with Crippen LogP contribution in [0.4, 0.5) is 4.39 Å². The minimum Gasteiger partial charge on any atom is -0.496 e. The van der Waals surface area contributed by atoms with Crippen LogP contribution in [-0.4, -0.2) is 22.6 Å². The molecule has 0 saturated carbocycles. The highest BCUT2D eigenvalue weighted by Crippen LogP contribution is 2.19. The second kappa shape index (κ2) is 7.17. The van der Waals surface area contributed by atoms with Crippen LogP contribution in [-0.2, 0) is 6.54 Å². The smallest absolute Gasteiger partial charge is 0.255 e. The van der Waals surface area contributed by atoms with Crippen LogP contribution in [0.15, 0.2) is 54.9 Å². The lowest BCUT2D eigenvalue weighted by molar-refractivity contribution is 0.0948. The second-order valence-corrected chi connectivity index (χ2v) is 5.51. The highest BCUT2D eigenvalue weighted by atomic mass is 19.1. The standard InChI is InChI=1S/C19H18FN3O2/c1-13-21-9-10-23(13)17-8-7-14(11-16(17)20)12-22-19(24)15-5-3-4-6-18(15)25-2/h3-11H,12H2,1-2H3,(H,22,24). The lowest BCUT2D eigenvalue weighted by atomic mass is 10.1. The Morgan fingerprint density at radius 3 is 2.76 bits per heavy atom. The van der Waals surface area contributed by atoms with Crippen molar-refractivity contribution >= 4 is 5.91 Å². The zero-order valence-corrected chi connectivity index (χ0v) is 14.0. The molecule has 0 fully saturated rings. The van der Waals surface area contributed by atoms with Crippen LogP contribution in [0.25, 0.3) is 5.69 Å². The van der Waals surface area contributed by atoms with Gasteiger partial charge in [-0.05, 0) is 36.8 Å². The molecule has 1 heterocycles. The van der Waals surface area contributed by atoms with E-state index in [2.05, 4.69) is 10.3 Å². The molecule has 3 rings (SSSR count). The molecule has 0 bridgehead atoms. The van der Waals surface area contributed by atoms with E-state index in [9.17, 15) is 9.18 Å². The van der Waals surface area contributed by atoms with Crippen molar-refractivity contribution in [2.45, 2.75) is 13.5 Å². The SMILES string of the molecule is COc1ccccc1C(=O)NCc1ccc(-n2ccnc2C)c(F)c1. The molecule has 0 saturated heterocycles. The van der Waals surface area contributed by atoms with Crippen LogP contribution in [0.3, 0.4) is 0 Å². The van der Waals surface area contributed by atoms with Crippen molar-refractivity contribution < 1.29 is 13.9 Å². The summed E-state index contributed by atoms with van der Waals surface area (Å²) in [5.41, 5.74) is 1.54. The summed E-state index contributed by atoms with van der Waals surface area (Å²) < 4.78 is 21.2. The molecule has 25 heavy (non-hydrogen) atoms. The molecular formula is C19H18FN3O2. The monoisotopic (exact) mass is 339 g/mol. The van der Waals surface area contributed by atoms with Crippen molar-refractivity contribution in [2.75, 3.05) is 7.11 Å². The molecular weight excluding hydrogens is 321 g/mol. The number of hydrogen-bond acceptors (Lipinski definition) is 3. The summed E-state index contributed by atoms with van der Waals surface area (Å²) in [5.74, 6) is 0.561. The third kappa shape index (κ3) is 3.52. The maximum absolute atomic E-state index is 14.4. The molecule has 6 heteroatoms. The van der Waals surface area contributed by atoms with Crippen LogP contribution < -0.4 is 10.1 Å². The van der Waals surface area contributed by atoms with Gasteiger partial charge in [0.25, 0.3) is 5.91 Å². The van der Waals surface area contributed by atoms with E-state index in [4.69, 9.17) is 4.74 Å². The topological polar surface area (TPSA) is 56.1 Å². The second-order valence-electron chi connectivity index (χ2n) is 5.51. The lowest BCUT2D eigenvalue weighted by Gasteiger charge is -2.11. The van der Waals surface area contributed by atoms with Gasteiger partial charge in [-0.3, -0.25) is 4.79 Å². The van der Waals surface area contributed by atoms with Crippen molar-refractivity contribution in [3.8, 4) is 11.4 Å². The maximum atomic E-state index is 14.4. The summed E-state index contributed by atoms with van der Waals surface area (Å²) in [6, 6.07) is 11.8. The summed E-state index contributed by atoms with van der Waals surface area (Å²) >= 11 is 0. The largest absolute Gasteiger partial charge is 0.496 e. The first-order chi connectivity index (χ1) is 12.1. The van der Waals surface area contributed by atoms with Gasteiger partial charge in [-0.25, -0.2) is 9.37 Å². The van der Waals surface area contributed by atoms with Gasteiger partial charge in [-0.1, -0.05) is 18.2 Å². The van der Waals surface area contributed by atoms with Crippen LogP contribution in [0.1, 0.15) is 21.7 Å². The predicted octanol–water partition coefficient (Wildman–Crippen LogP) is 3.26. The molecule has 0 unspecified atom stereocenters. The molecule has 0 aliphatic rings. The Labute approximate surface area is 145 Å². The number of methoxy groups -OCH3 is 1. The Kier molecular flexibility index (Phi) is 4.79. The first-order valence-corrected chi connectivity index (χ1v) is 7.80. The van der Waals surface area contributed by atoms with E-state index in [1.807, 2.05) is 0 Å². The summed E-state index contributed by atoms with van der Waals surface area (Å²) in [6.45, 7) is 2.03. The molecule has 0 aliphatic carbocycles. The number of amides is 1. The average molecular weight is 339 g/mol. The number of ether oxygens (including phenoxy) is 1. The Bertz CT molecular complexity index is 905. The molecule has 5 nitrogen and oxygen atoms in total. The Balaban J connectivity index is 1.73. The zero-order valence-electron chi connectivity index (χ0n) is 14.0. The average Bonchev–Trinajstić information content (AvgIpc) is 3.05. The number of carbonyl (C=O) groups is 1. The maximum Gasteiger partial charge on any atom is 0.255 e. The van der Waals surface area contributed by atoms with Crippen molar-refractivity contribution in [3.63, 3.8) is 0 Å². The van der Waals surface area contributed by atoms with Gasteiger partial charge in [0, 0.05) is 18.9 Å². The quantitative estimate of drug-likeness (QED) is 0.776. The molecule has 1 N–H and O–H groups in total. The number of aryl methyl sites for hydroxylation is 1. The van der Waals surface area contributed by atoms with Crippen molar-refractivity contribution in [1.29, 1.82) is 0 Å². The highest BCUT2D eigenvalue weighted by Gasteiger charge is 2.12. The van der Waals surface area contributed by atoms with Crippen molar-refractivity contribution in [2.24, 2.45) is 0 Å². The number of nitrogens with zero attached hydrogens (tertiary/aromatic N) is 2. The van der Waals surface area contributed by atoms with Gasteiger partial charge in [-0.2, -0.15) is 0 Å². The summed E-state index contributed by atoms with van der Waals surface area (Å²) in [6.07, 6.45) is 3.33. The third-order valence-corrected chi connectivity index (χ3v) is 3.90. The lowest BCUT2D eigenvalue weighted by Crippen LogP contribution is -2.23. The summed E-state index contributed by atoms with van der Waals surface area (Å²) in [5, 5.41) is 2.78. The number of benzene rings is 2. The fraction of sp³-hybridized carbons (Fsp3) is 0.158. The fourth-order valence-electron chi connectivity index (χ4n) is 2.60. The number of halogens is 1. The van der Waals surface area contributed by atoms with Gasteiger partial charge in [0.05, 0.1) is 18.4 Å². The van der Waals surface area contributed by atoms with E-state index in [0.717, 1.165) is 0 Å². The number of hydrogen-bond donors (Lipinski definition) is 1. The highest BCUT2D eigenvalue weighted by molar-refractivity contribution is 5.96. The molecule has 0 spiro atoms. The van der Waals surface area contributed by atoms with E-state index in [1.54, 1.807) is 60.3 Å². The molecule has 0 radical (unpaired) electrons. The van der Waals surface area contributed by atoms with Gasteiger partial charge >= 0.3 is 0 Å². The van der Waals surface area contributed by atoms with E-state index >= 15 is 0 Å². The molecule has 0 atom stereocenters. The van der Waals surface area contributed by atoms with Crippen LogP contribution >= 0.6 is 0 Å². The van der Waals surface area contributed by atoms with Gasteiger partial charge < -0.3 is 14.6 Å². The first kappa shape index (κ1) is 16.7. The molecule has 1 aromatic heterocycles. The fourth-order valence-corrected chi connectivity index (χ4v) is 2.60. The van der Waals surface area contributed by atoms with Crippen LogP contribution in [0.5, 0.6) is 5.75 Å². The van der Waals surface area contributed by atoms with Crippen LogP contribution in [0, 0.1) is 12.7 Å². The van der Waals surface area contributed by atoms with E-state index in [1.165, 1.54) is 13.2 Å². The third-order valence-electron chi connectivity index (χ3n) is 3.90. The normalized spacial score (nSPS) is 10.5. The van der Waals surface area contributed by atoms with E-state index < -0.39 is 0 Å². The van der Waals surface area contributed by atoms with Gasteiger partial charge in [0.15, 0.2) is 0 Å². The zero-order chi connectivity index (χ0) is 17.8. The molecule has 128 valence electrons. The van der Waals surface area contributed by atoms with E-state index in [-0.39, 0.29) is 18.3 Å². The number of nitrogens with one attached hydrogen (secondary N) is 1. The van der Waals surface area contributed by atoms with Crippen molar-refractivity contribution in [1.82, 2.24) is 14.9 Å². The number of aromatic nitrogens is 2. The Morgan fingerprint density at radius 2 is 2.08 bits per heavy atom. The minimum absolute atomic E-state index is 0.219.